The summed E-state index contributed by atoms with van der Waals surface area (Å²) in [5, 5.41) is 2.71. The molecule has 2 atom stereocenters. The maximum Gasteiger partial charge on any atom is 0.433 e. The third-order valence-corrected chi connectivity index (χ3v) is 6.59. The first-order chi connectivity index (χ1) is 16.0. The van der Waals surface area contributed by atoms with Gasteiger partial charge in [0.15, 0.2) is 11.1 Å². The van der Waals surface area contributed by atoms with E-state index in [1.54, 1.807) is 6.92 Å². The molecule has 1 amide bonds. The molecule has 2 aromatic rings. The molecule has 0 saturated carbocycles. The fourth-order valence-electron chi connectivity index (χ4n) is 3.84. The van der Waals surface area contributed by atoms with Crippen LogP contribution in [0.3, 0.4) is 0 Å². The van der Waals surface area contributed by atoms with Crippen molar-refractivity contribution in [2.24, 2.45) is 5.92 Å². The molecule has 1 aromatic carbocycles. The summed E-state index contributed by atoms with van der Waals surface area (Å²) >= 11 is -2.19. The number of rotatable bonds is 7. The van der Waals surface area contributed by atoms with Crippen LogP contribution in [-0.4, -0.2) is 32.7 Å². The molecule has 1 aliphatic heterocycles. The van der Waals surface area contributed by atoms with E-state index in [4.69, 9.17) is 4.55 Å². The highest BCUT2D eigenvalue weighted by Crippen LogP contribution is 2.32. The third-order valence-electron chi connectivity index (χ3n) is 6.03. The third kappa shape index (κ3) is 6.53. The van der Waals surface area contributed by atoms with Crippen LogP contribution in [-0.2, 0) is 34.3 Å². The number of anilines is 1. The van der Waals surface area contributed by atoms with Crippen molar-refractivity contribution in [3.05, 3.63) is 58.5 Å². The molecule has 1 fully saturated rings. The lowest BCUT2D eigenvalue weighted by atomic mass is 9.98. The van der Waals surface area contributed by atoms with Crippen molar-refractivity contribution >= 4 is 22.8 Å². The topological polar surface area (TPSA) is 82.5 Å². The van der Waals surface area contributed by atoms with E-state index >= 15 is 0 Å². The first-order valence-corrected chi connectivity index (χ1v) is 12.2. The summed E-state index contributed by atoms with van der Waals surface area (Å²) < 4.78 is 73.8. The molecule has 0 bridgehead atoms. The molecule has 0 spiro atoms. The SMILES string of the molecule is CC1CCN(c2nc(C(F)(F)F)ccc2CNC(=O)C(C)c2ccc(CS(=O)O)c(F)c2)CC1. The molecule has 1 aliphatic rings. The standard InChI is InChI=1S/C23H27F4N3O3S/c1-14-7-9-30(10-8-14)21-17(5-6-20(29-21)23(25,26)27)12-28-22(31)15(2)16-3-4-18(13-34(32)33)19(24)11-16/h3-6,11,14-15H,7-10,12-13H2,1-2H3,(H,28,31)(H,32,33). The molecule has 2 N–H and O–H groups in total. The average Bonchev–Trinajstić information content (AvgIpc) is 2.78. The maximum absolute atomic E-state index is 14.2. The largest absolute Gasteiger partial charge is 0.433 e. The molecule has 3 rings (SSSR count). The number of halogens is 4. The number of hydrogen-bond acceptors (Lipinski definition) is 4. The zero-order valence-electron chi connectivity index (χ0n) is 18.9. The van der Waals surface area contributed by atoms with E-state index in [1.807, 2.05) is 4.90 Å². The van der Waals surface area contributed by atoms with Gasteiger partial charge in [0.2, 0.25) is 5.91 Å². The Kier molecular flexibility index (Phi) is 8.29. The van der Waals surface area contributed by atoms with Crippen LogP contribution >= 0.6 is 0 Å². The Balaban J connectivity index is 1.75. The van der Waals surface area contributed by atoms with Crippen LogP contribution in [0.1, 0.15) is 55.0 Å². The quantitative estimate of drug-likeness (QED) is 0.428. The van der Waals surface area contributed by atoms with Crippen molar-refractivity contribution in [1.29, 1.82) is 0 Å². The van der Waals surface area contributed by atoms with E-state index < -0.39 is 40.6 Å². The monoisotopic (exact) mass is 501 g/mol. The summed E-state index contributed by atoms with van der Waals surface area (Å²) in [6, 6.07) is 6.25. The van der Waals surface area contributed by atoms with Crippen molar-refractivity contribution in [3.8, 4) is 0 Å². The van der Waals surface area contributed by atoms with E-state index in [0.29, 0.717) is 30.1 Å². The van der Waals surface area contributed by atoms with Gasteiger partial charge in [0.05, 0.1) is 11.7 Å². The lowest BCUT2D eigenvalue weighted by Crippen LogP contribution is -2.35. The smallest absolute Gasteiger partial charge is 0.356 e. The van der Waals surface area contributed by atoms with Crippen LogP contribution in [0, 0.1) is 11.7 Å². The van der Waals surface area contributed by atoms with Gasteiger partial charge < -0.3 is 14.8 Å². The van der Waals surface area contributed by atoms with Crippen LogP contribution in [0.5, 0.6) is 0 Å². The molecule has 2 heterocycles. The van der Waals surface area contributed by atoms with Gasteiger partial charge in [-0.1, -0.05) is 25.1 Å². The van der Waals surface area contributed by atoms with Crippen LogP contribution < -0.4 is 10.2 Å². The fraction of sp³-hybridized carbons (Fsp3) is 0.478. The molecule has 11 heteroatoms. The van der Waals surface area contributed by atoms with Gasteiger partial charge in [-0.3, -0.25) is 4.79 Å². The second-order valence-electron chi connectivity index (χ2n) is 8.60. The fourth-order valence-corrected chi connectivity index (χ4v) is 4.34. The Bertz CT molecular complexity index is 1060. The zero-order chi connectivity index (χ0) is 25.0. The number of benzene rings is 1. The minimum absolute atomic E-state index is 0.0280. The highest BCUT2D eigenvalue weighted by molar-refractivity contribution is 7.78. The number of piperidine rings is 1. The Morgan fingerprint density at radius 3 is 2.47 bits per heavy atom. The van der Waals surface area contributed by atoms with Crippen molar-refractivity contribution in [2.45, 2.75) is 51.1 Å². The van der Waals surface area contributed by atoms with Crippen LogP contribution in [0.25, 0.3) is 0 Å². The van der Waals surface area contributed by atoms with Crippen LogP contribution in [0.15, 0.2) is 30.3 Å². The number of pyridine rings is 1. The van der Waals surface area contributed by atoms with E-state index in [-0.39, 0.29) is 23.7 Å². The van der Waals surface area contributed by atoms with Crippen LogP contribution in [0.4, 0.5) is 23.4 Å². The minimum atomic E-state index is -4.58. The lowest BCUT2D eigenvalue weighted by molar-refractivity contribution is -0.141. The number of amides is 1. The molecule has 0 aliphatic carbocycles. The summed E-state index contributed by atoms with van der Waals surface area (Å²) in [7, 11) is 0. The zero-order valence-corrected chi connectivity index (χ0v) is 19.7. The van der Waals surface area contributed by atoms with Gasteiger partial charge in [0.1, 0.15) is 17.3 Å². The second-order valence-corrected chi connectivity index (χ2v) is 9.53. The molecule has 2 unspecified atom stereocenters. The predicted molar refractivity (Wildman–Crippen MR) is 121 cm³/mol. The summed E-state index contributed by atoms with van der Waals surface area (Å²) in [6.07, 6.45) is -2.90. The van der Waals surface area contributed by atoms with Gasteiger partial charge >= 0.3 is 6.18 Å². The van der Waals surface area contributed by atoms with Gasteiger partial charge in [-0.05, 0) is 43.4 Å². The Hall–Kier alpha value is -2.53. The highest BCUT2D eigenvalue weighted by Gasteiger charge is 2.34. The average molecular weight is 502 g/mol. The number of carbonyl (C=O) groups excluding carboxylic acids is 1. The molecular formula is C23H27F4N3O3S. The molecule has 34 heavy (non-hydrogen) atoms. The summed E-state index contributed by atoms with van der Waals surface area (Å²) in [6.45, 7) is 4.80. The first kappa shape index (κ1) is 26.1. The maximum atomic E-state index is 14.2. The summed E-state index contributed by atoms with van der Waals surface area (Å²) in [4.78, 5) is 18.4. The summed E-state index contributed by atoms with van der Waals surface area (Å²) in [5.74, 6) is -1.53. The van der Waals surface area contributed by atoms with Crippen molar-refractivity contribution in [1.82, 2.24) is 10.3 Å². The van der Waals surface area contributed by atoms with E-state index in [2.05, 4.69) is 17.2 Å². The van der Waals surface area contributed by atoms with E-state index in [0.717, 1.165) is 25.0 Å². The van der Waals surface area contributed by atoms with Crippen molar-refractivity contribution in [3.63, 3.8) is 0 Å². The molecule has 186 valence electrons. The number of nitrogens with one attached hydrogen (secondary N) is 1. The minimum Gasteiger partial charge on any atom is -0.356 e. The number of nitrogens with zero attached hydrogens (tertiary/aromatic N) is 2. The van der Waals surface area contributed by atoms with Gasteiger partial charge in [-0.25, -0.2) is 13.6 Å². The van der Waals surface area contributed by atoms with Crippen molar-refractivity contribution < 1.29 is 31.1 Å². The molecule has 0 radical (unpaired) electrons. The predicted octanol–water partition coefficient (Wildman–Crippen LogP) is 4.62. The number of hydrogen-bond donors (Lipinski definition) is 2. The molecule has 6 nitrogen and oxygen atoms in total. The Morgan fingerprint density at radius 1 is 1.24 bits per heavy atom. The molecule has 1 aromatic heterocycles. The number of carbonyl (C=O) groups is 1. The van der Waals surface area contributed by atoms with Gasteiger partial charge in [0.25, 0.3) is 0 Å². The van der Waals surface area contributed by atoms with Gasteiger partial charge in [-0.2, -0.15) is 13.2 Å². The lowest BCUT2D eigenvalue weighted by Gasteiger charge is -2.33. The number of alkyl halides is 3. The first-order valence-electron chi connectivity index (χ1n) is 10.9. The van der Waals surface area contributed by atoms with Gasteiger partial charge in [-0.15, -0.1) is 0 Å². The number of aromatic nitrogens is 1. The molecule has 1 saturated heterocycles. The second kappa shape index (κ2) is 10.8. The Labute approximate surface area is 198 Å². The van der Waals surface area contributed by atoms with E-state index in [9.17, 15) is 26.6 Å². The summed E-state index contributed by atoms with van der Waals surface area (Å²) in [5.41, 5.74) is -0.0780. The van der Waals surface area contributed by atoms with E-state index in [1.165, 1.54) is 18.2 Å². The van der Waals surface area contributed by atoms with Crippen molar-refractivity contribution in [2.75, 3.05) is 18.0 Å². The molecular weight excluding hydrogens is 474 g/mol. The van der Waals surface area contributed by atoms with Gasteiger partial charge in [0, 0.05) is 30.8 Å². The highest BCUT2D eigenvalue weighted by atomic mass is 32.2. The normalized spacial score (nSPS) is 16.9. The Morgan fingerprint density at radius 2 is 1.88 bits per heavy atom. The van der Waals surface area contributed by atoms with Crippen LogP contribution in [0.2, 0.25) is 0 Å².